The van der Waals surface area contributed by atoms with E-state index < -0.39 is 35.7 Å². The highest BCUT2D eigenvalue weighted by atomic mass is 35.5. The summed E-state index contributed by atoms with van der Waals surface area (Å²) in [6, 6.07) is 7.72. The molecule has 1 unspecified atom stereocenters. The van der Waals surface area contributed by atoms with Gasteiger partial charge in [0.25, 0.3) is 5.91 Å². The topological polar surface area (TPSA) is 97.0 Å². The van der Waals surface area contributed by atoms with Crippen LogP contribution in [0.4, 0.5) is 14.9 Å². The van der Waals surface area contributed by atoms with E-state index >= 15 is 0 Å². The molecule has 0 aromatic heterocycles. The van der Waals surface area contributed by atoms with Crippen LogP contribution in [0.25, 0.3) is 0 Å². The molecule has 4 rings (SSSR count). The number of anilines is 1. The van der Waals surface area contributed by atoms with Crippen molar-refractivity contribution in [2.45, 2.75) is 18.9 Å². The first-order valence-electron chi connectivity index (χ1n) is 9.57. The Morgan fingerprint density at radius 2 is 1.94 bits per heavy atom. The lowest BCUT2D eigenvalue weighted by molar-refractivity contribution is -0.133. The van der Waals surface area contributed by atoms with E-state index in [1.165, 1.54) is 13.0 Å². The molecule has 0 saturated carbocycles. The van der Waals surface area contributed by atoms with Gasteiger partial charge >= 0.3 is 6.03 Å². The quantitative estimate of drug-likeness (QED) is 0.702. The number of carbonyl (C=O) groups excluding carboxylic acids is 3. The van der Waals surface area contributed by atoms with Crippen molar-refractivity contribution >= 4 is 35.1 Å². The predicted octanol–water partition coefficient (Wildman–Crippen LogP) is 3.05. The summed E-state index contributed by atoms with van der Waals surface area (Å²) in [7, 11) is 0. The van der Waals surface area contributed by atoms with Crippen molar-refractivity contribution in [1.82, 2.24) is 10.2 Å². The van der Waals surface area contributed by atoms with Crippen molar-refractivity contribution < 1.29 is 28.2 Å². The molecule has 162 valence electrons. The first-order chi connectivity index (χ1) is 14.8. The van der Waals surface area contributed by atoms with Gasteiger partial charge in [0.1, 0.15) is 17.9 Å². The zero-order chi connectivity index (χ0) is 22.2. The molecular formula is C21H19ClFN3O5. The Morgan fingerprint density at radius 3 is 2.68 bits per heavy atom. The molecule has 8 nitrogen and oxygen atoms in total. The van der Waals surface area contributed by atoms with Crippen molar-refractivity contribution in [3.05, 3.63) is 52.8 Å². The summed E-state index contributed by atoms with van der Waals surface area (Å²) >= 11 is 6.08. The van der Waals surface area contributed by atoms with Crippen molar-refractivity contribution in [1.29, 1.82) is 0 Å². The van der Waals surface area contributed by atoms with Crippen molar-refractivity contribution in [3.8, 4) is 11.5 Å². The number of benzene rings is 2. The van der Waals surface area contributed by atoms with Crippen LogP contribution in [0.15, 0.2) is 36.4 Å². The van der Waals surface area contributed by atoms with Gasteiger partial charge in [-0.3, -0.25) is 14.5 Å². The molecule has 10 heteroatoms. The van der Waals surface area contributed by atoms with Crippen LogP contribution in [0.5, 0.6) is 11.5 Å². The van der Waals surface area contributed by atoms with Gasteiger partial charge in [-0.15, -0.1) is 0 Å². The third-order valence-electron chi connectivity index (χ3n) is 5.08. The van der Waals surface area contributed by atoms with Crippen LogP contribution in [0, 0.1) is 5.82 Å². The minimum absolute atomic E-state index is 0.00496. The normalized spacial score (nSPS) is 20.3. The number of urea groups is 1. The van der Waals surface area contributed by atoms with Crippen LogP contribution in [0.2, 0.25) is 5.02 Å². The monoisotopic (exact) mass is 447 g/mol. The number of nitrogens with zero attached hydrogens (tertiary/aromatic N) is 1. The van der Waals surface area contributed by atoms with E-state index in [1.54, 1.807) is 18.2 Å². The molecule has 2 aliphatic heterocycles. The third-order valence-corrected chi connectivity index (χ3v) is 5.39. The van der Waals surface area contributed by atoms with Crippen LogP contribution >= 0.6 is 11.6 Å². The summed E-state index contributed by atoms with van der Waals surface area (Å²) < 4.78 is 24.5. The van der Waals surface area contributed by atoms with Gasteiger partial charge in [-0.1, -0.05) is 17.7 Å². The Labute approximate surface area is 182 Å². The average Bonchev–Trinajstić information content (AvgIpc) is 2.88. The number of fused-ring (bicyclic) bond motifs is 1. The molecule has 1 atom stereocenters. The number of rotatable bonds is 4. The van der Waals surface area contributed by atoms with E-state index in [1.807, 2.05) is 0 Å². The van der Waals surface area contributed by atoms with E-state index in [0.717, 1.165) is 23.5 Å². The van der Waals surface area contributed by atoms with Gasteiger partial charge in [0.2, 0.25) is 5.91 Å². The first kappa shape index (κ1) is 20.9. The Hall–Kier alpha value is -3.33. The highest BCUT2D eigenvalue weighted by Gasteiger charge is 2.50. The summed E-state index contributed by atoms with van der Waals surface area (Å²) in [4.78, 5) is 38.7. The maximum Gasteiger partial charge on any atom is 0.325 e. The number of ether oxygens (including phenoxy) is 2. The summed E-state index contributed by atoms with van der Waals surface area (Å²) in [6.45, 7) is 1.99. The first-order valence-corrected chi connectivity index (χ1v) is 9.95. The molecule has 0 spiro atoms. The molecule has 4 amide bonds. The van der Waals surface area contributed by atoms with Crippen LogP contribution in [0.1, 0.15) is 18.9 Å². The van der Waals surface area contributed by atoms with Crippen LogP contribution in [0.3, 0.4) is 0 Å². The Morgan fingerprint density at radius 1 is 1.19 bits per heavy atom. The van der Waals surface area contributed by atoms with Crippen LogP contribution < -0.4 is 20.1 Å². The van der Waals surface area contributed by atoms with Gasteiger partial charge in [0.15, 0.2) is 11.5 Å². The average molecular weight is 448 g/mol. The predicted molar refractivity (Wildman–Crippen MR) is 110 cm³/mol. The van der Waals surface area contributed by atoms with E-state index in [0.29, 0.717) is 30.4 Å². The second-order valence-corrected chi connectivity index (χ2v) is 7.74. The van der Waals surface area contributed by atoms with Gasteiger partial charge < -0.3 is 20.1 Å². The molecule has 0 bridgehead atoms. The maximum absolute atomic E-state index is 13.4. The minimum Gasteiger partial charge on any atom is -0.490 e. The lowest BCUT2D eigenvalue weighted by Gasteiger charge is -2.23. The molecular weight excluding hydrogens is 429 g/mol. The molecule has 1 saturated heterocycles. The Balaban J connectivity index is 1.48. The lowest BCUT2D eigenvalue weighted by Crippen LogP contribution is -2.42. The van der Waals surface area contributed by atoms with Crippen molar-refractivity contribution in [2.75, 3.05) is 25.1 Å². The van der Waals surface area contributed by atoms with Gasteiger partial charge in [-0.05, 0) is 31.2 Å². The zero-order valence-corrected chi connectivity index (χ0v) is 17.3. The highest BCUT2D eigenvalue weighted by Crippen LogP contribution is 2.34. The molecule has 2 aromatic rings. The van der Waals surface area contributed by atoms with Gasteiger partial charge in [-0.25, -0.2) is 9.18 Å². The zero-order valence-electron chi connectivity index (χ0n) is 16.5. The van der Waals surface area contributed by atoms with Gasteiger partial charge in [-0.2, -0.15) is 0 Å². The summed E-state index contributed by atoms with van der Waals surface area (Å²) in [6.07, 6.45) is 0.749. The fourth-order valence-electron chi connectivity index (χ4n) is 3.50. The third kappa shape index (κ3) is 4.00. The molecule has 1 fully saturated rings. The summed E-state index contributed by atoms with van der Waals surface area (Å²) in [5.74, 6) is -0.729. The number of nitrogens with one attached hydrogen (secondary N) is 2. The summed E-state index contributed by atoms with van der Waals surface area (Å²) in [5, 5.41) is 5.18. The SMILES string of the molecule is CC1(c2ccc(F)cc2Cl)NC(=O)N(CC(=O)Nc2ccc3c(c2)OCCCO3)C1=O. The number of imide groups is 1. The molecule has 2 aliphatic rings. The van der Waals surface area contributed by atoms with Gasteiger partial charge in [0, 0.05) is 28.8 Å². The molecule has 0 radical (unpaired) electrons. The van der Waals surface area contributed by atoms with E-state index in [4.69, 9.17) is 21.1 Å². The molecule has 2 heterocycles. The number of amides is 4. The second-order valence-electron chi connectivity index (χ2n) is 7.33. The van der Waals surface area contributed by atoms with E-state index in [2.05, 4.69) is 10.6 Å². The molecule has 2 aromatic carbocycles. The van der Waals surface area contributed by atoms with E-state index in [9.17, 15) is 18.8 Å². The molecule has 2 N–H and O–H groups in total. The second kappa shape index (κ2) is 8.07. The molecule has 31 heavy (non-hydrogen) atoms. The van der Waals surface area contributed by atoms with Gasteiger partial charge in [0.05, 0.1) is 13.2 Å². The lowest BCUT2D eigenvalue weighted by atomic mass is 9.92. The number of hydrogen-bond donors (Lipinski definition) is 2. The Kier molecular flexibility index (Phi) is 5.45. The molecule has 0 aliphatic carbocycles. The summed E-state index contributed by atoms with van der Waals surface area (Å²) in [5.41, 5.74) is -0.845. The maximum atomic E-state index is 13.4. The Bertz CT molecular complexity index is 1080. The fraction of sp³-hybridized carbons (Fsp3) is 0.286. The van der Waals surface area contributed by atoms with Crippen molar-refractivity contribution in [2.24, 2.45) is 0 Å². The van der Waals surface area contributed by atoms with E-state index in [-0.39, 0.29) is 10.6 Å². The smallest absolute Gasteiger partial charge is 0.325 e. The highest BCUT2D eigenvalue weighted by molar-refractivity contribution is 6.32. The minimum atomic E-state index is -1.52. The largest absolute Gasteiger partial charge is 0.490 e. The van der Waals surface area contributed by atoms with Crippen LogP contribution in [-0.2, 0) is 15.1 Å². The number of carbonyl (C=O) groups is 3. The standard InChI is InChI=1S/C21H19ClFN3O5/c1-21(14-5-3-12(23)9-15(14)22)19(28)26(20(29)25-21)11-18(27)24-13-4-6-16-17(10-13)31-8-2-7-30-16/h3-6,9-10H,2,7-8,11H2,1H3,(H,24,27)(H,25,29). The van der Waals surface area contributed by atoms with Crippen LogP contribution in [-0.4, -0.2) is 42.5 Å². The number of hydrogen-bond acceptors (Lipinski definition) is 5. The van der Waals surface area contributed by atoms with Crippen molar-refractivity contribution in [3.63, 3.8) is 0 Å². The fourth-order valence-corrected chi connectivity index (χ4v) is 3.86. The number of halogens is 2.